The Morgan fingerprint density at radius 2 is 0.817 bits per heavy atom. The molecule has 0 radical (unpaired) electrons. The van der Waals surface area contributed by atoms with Crippen molar-refractivity contribution < 1.29 is 0 Å². The average molecular weight is 1050 g/mol. The summed E-state index contributed by atoms with van der Waals surface area (Å²) in [5.41, 5.74) is 23.5. The molecule has 0 saturated carbocycles. The molecule has 0 unspecified atom stereocenters. The lowest BCUT2D eigenvalue weighted by Crippen LogP contribution is -2.61. The van der Waals surface area contributed by atoms with Crippen LogP contribution in [0.25, 0.3) is 78.9 Å². The molecule has 14 rings (SSSR count). The lowest BCUT2D eigenvalue weighted by molar-refractivity contribution is 1.12. The zero-order valence-electron chi connectivity index (χ0n) is 45.5. The van der Waals surface area contributed by atoms with Crippen molar-refractivity contribution in [2.45, 2.75) is 6.92 Å². The van der Waals surface area contributed by atoms with Crippen LogP contribution in [0.1, 0.15) is 6.92 Å². The van der Waals surface area contributed by atoms with Crippen LogP contribution < -0.4 is 31.1 Å². The third-order valence-electron chi connectivity index (χ3n) is 15.7. The van der Waals surface area contributed by atoms with Crippen LogP contribution in [0.15, 0.2) is 291 Å². The Bertz CT molecular complexity index is 4360. The second-order valence-corrected chi connectivity index (χ2v) is 20.7. The van der Waals surface area contributed by atoms with Crippen molar-refractivity contribution in [3.05, 3.63) is 291 Å². The normalized spacial score (nSPS) is 12.2. The fourth-order valence-corrected chi connectivity index (χ4v) is 11.8. The second kappa shape index (κ2) is 21.2. The van der Waals surface area contributed by atoms with Gasteiger partial charge in [-0.05, 0) is 119 Å². The lowest BCUT2D eigenvalue weighted by Gasteiger charge is -2.44. The molecule has 8 heteroatoms. The standard InChI is InChI=1S/C74H54BN7/c1-4-24-50(2)80(3)67-44-43-57(66-48-63(51-25-9-5-10-26-51)76-73(77-66)53-29-13-7-14-30-53)47-60(67)74-78-64(52-27-11-6-12-28-52)49-65(79-74)56-33-21-31-54(45-56)55-32-22-36-59(46-55)82-69-40-20-18-38-62(69)75-61-37-17-19-39-68(61)81(58-34-15-8-16-35-58)70-41-23-42-71(82)72(70)75/h4-49H,2H2,1,3H3/b24-4-. The second-order valence-electron chi connectivity index (χ2n) is 20.7. The van der Waals surface area contributed by atoms with Crippen molar-refractivity contribution in [2.75, 3.05) is 21.7 Å². The van der Waals surface area contributed by atoms with Crippen LogP contribution in [0.5, 0.6) is 0 Å². The van der Waals surface area contributed by atoms with Gasteiger partial charge in [-0.25, -0.2) is 19.9 Å². The van der Waals surface area contributed by atoms with Crippen molar-refractivity contribution in [1.82, 2.24) is 19.9 Å². The van der Waals surface area contributed by atoms with Crippen LogP contribution in [-0.2, 0) is 0 Å². The highest BCUT2D eigenvalue weighted by atomic mass is 15.2. The Labute approximate surface area is 479 Å². The fourth-order valence-electron chi connectivity index (χ4n) is 11.8. The van der Waals surface area contributed by atoms with E-state index in [-0.39, 0.29) is 6.71 Å². The smallest absolute Gasteiger partial charge is 0.252 e. The Hall–Kier alpha value is -10.7. The van der Waals surface area contributed by atoms with Gasteiger partial charge in [0.15, 0.2) is 11.6 Å². The molecule has 0 atom stereocenters. The van der Waals surface area contributed by atoms with E-state index in [1.54, 1.807) is 0 Å². The monoisotopic (exact) mass is 1050 g/mol. The van der Waals surface area contributed by atoms with Gasteiger partial charge in [-0.1, -0.05) is 201 Å². The molecular weight excluding hydrogens is 998 g/mol. The summed E-state index contributed by atoms with van der Waals surface area (Å²) >= 11 is 0. The van der Waals surface area contributed by atoms with Crippen LogP contribution in [0.3, 0.4) is 0 Å². The molecule has 0 N–H and O–H groups in total. The van der Waals surface area contributed by atoms with Crippen molar-refractivity contribution in [1.29, 1.82) is 0 Å². The van der Waals surface area contributed by atoms with E-state index in [4.69, 9.17) is 19.9 Å². The van der Waals surface area contributed by atoms with Crippen molar-refractivity contribution in [3.8, 4) is 78.9 Å². The van der Waals surface area contributed by atoms with Crippen LogP contribution >= 0.6 is 0 Å². The van der Waals surface area contributed by atoms with E-state index in [1.165, 1.54) is 39.1 Å². The summed E-state index contributed by atoms with van der Waals surface area (Å²) in [7, 11) is 2.04. The summed E-state index contributed by atoms with van der Waals surface area (Å²) in [6, 6.07) is 94.4. The number of hydrogen-bond acceptors (Lipinski definition) is 7. The molecule has 0 fully saturated rings. The minimum Gasteiger partial charge on any atom is -0.345 e. The Kier molecular flexibility index (Phi) is 12.8. The molecule has 10 aromatic carbocycles. The van der Waals surface area contributed by atoms with Gasteiger partial charge in [-0.2, -0.15) is 0 Å². The molecule has 7 nitrogen and oxygen atoms in total. The van der Waals surface area contributed by atoms with Crippen LogP contribution in [0.2, 0.25) is 0 Å². The van der Waals surface area contributed by atoms with Crippen LogP contribution in [-0.4, -0.2) is 33.7 Å². The van der Waals surface area contributed by atoms with Gasteiger partial charge in [-0.15, -0.1) is 0 Å². The number of aromatic nitrogens is 4. The predicted molar refractivity (Wildman–Crippen MR) is 342 cm³/mol. The zero-order chi connectivity index (χ0) is 55.1. The third-order valence-corrected chi connectivity index (χ3v) is 15.7. The summed E-state index contributed by atoms with van der Waals surface area (Å²) in [4.78, 5) is 28.3. The maximum Gasteiger partial charge on any atom is 0.252 e. The molecule has 0 aliphatic carbocycles. The highest BCUT2D eigenvalue weighted by molar-refractivity contribution is 7.00. The Balaban J connectivity index is 0.897. The summed E-state index contributed by atoms with van der Waals surface area (Å²) in [5.74, 6) is 1.22. The third kappa shape index (κ3) is 9.02. The quantitative estimate of drug-likeness (QED) is 0.0892. The first-order valence-corrected chi connectivity index (χ1v) is 27.8. The average Bonchev–Trinajstić information content (AvgIpc) is 2.53. The van der Waals surface area contributed by atoms with Gasteiger partial charge < -0.3 is 14.7 Å². The van der Waals surface area contributed by atoms with Gasteiger partial charge in [0, 0.05) is 80.2 Å². The molecule has 0 amide bonds. The van der Waals surface area contributed by atoms with Gasteiger partial charge in [-0.3, -0.25) is 0 Å². The van der Waals surface area contributed by atoms with Crippen molar-refractivity contribution in [2.24, 2.45) is 0 Å². The summed E-state index contributed by atoms with van der Waals surface area (Å²) in [6.45, 7) is 6.53. The molecule has 12 aromatic rings. The van der Waals surface area contributed by atoms with Gasteiger partial charge in [0.05, 0.1) is 28.5 Å². The number of likely N-dealkylation sites (N-methyl/N-ethyl adjacent to an activating group) is 1. The Morgan fingerprint density at radius 1 is 0.390 bits per heavy atom. The summed E-state index contributed by atoms with van der Waals surface area (Å²) in [6.07, 6.45) is 4.02. The number of benzene rings is 10. The maximum atomic E-state index is 5.53. The molecule has 2 aliphatic heterocycles. The minimum atomic E-state index is 0.0615. The first-order chi connectivity index (χ1) is 40.5. The van der Waals surface area contributed by atoms with Gasteiger partial charge in [0.2, 0.25) is 0 Å². The van der Waals surface area contributed by atoms with Crippen LogP contribution in [0.4, 0.5) is 39.8 Å². The van der Waals surface area contributed by atoms with E-state index in [2.05, 4.69) is 246 Å². The van der Waals surface area contributed by atoms with E-state index in [1.807, 2.05) is 68.6 Å². The van der Waals surface area contributed by atoms with Crippen LogP contribution in [0, 0.1) is 0 Å². The molecule has 82 heavy (non-hydrogen) atoms. The molecular formula is C74H54BN7. The summed E-state index contributed by atoms with van der Waals surface area (Å²) in [5, 5.41) is 0. The number of anilines is 7. The van der Waals surface area contributed by atoms with Gasteiger partial charge in [0.1, 0.15) is 0 Å². The molecule has 4 heterocycles. The van der Waals surface area contributed by atoms with Crippen molar-refractivity contribution >= 4 is 62.9 Å². The topological polar surface area (TPSA) is 61.3 Å². The molecule has 388 valence electrons. The number of fused-ring (bicyclic) bond motifs is 4. The van der Waals surface area contributed by atoms with E-state index in [0.717, 1.165) is 90.0 Å². The maximum absolute atomic E-state index is 5.53. The van der Waals surface area contributed by atoms with E-state index < -0.39 is 0 Å². The number of nitrogens with zero attached hydrogens (tertiary/aromatic N) is 7. The summed E-state index contributed by atoms with van der Waals surface area (Å²) < 4.78 is 0. The number of allylic oxidation sites excluding steroid dienone is 2. The van der Waals surface area contributed by atoms with Gasteiger partial charge in [0.25, 0.3) is 6.71 Å². The number of hydrogen-bond donors (Lipinski definition) is 0. The van der Waals surface area contributed by atoms with E-state index in [0.29, 0.717) is 11.6 Å². The highest BCUT2D eigenvalue weighted by Gasteiger charge is 2.42. The first kappa shape index (κ1) is 49.6. The highest BCUT2D eigenvalue weighted by Crippen LogP contribution is 2.45. The largest absolute Gasteiger partial charge is 0.345 e. The fraction of sp³-hybridized carbons (Fsp3) is 0.0270. The molecule has 0 spiro atoms. The molecule has 0 saturated heterocycles. The van der Waals surface area contributed by atoms with E-state index >= 15 is 0 Å². The van der Waals surface area contributed by atoms with Gasteiger partial charge >= 0.3 is 0 Å². The number of rotatable bonds is 12. The first-order valence-electron chi connectivity index (χ1n) is 27.8. The zero-order valence-corrected chi connectivity index (χ0v) is 45.5. The molecule has 2 aromatic heterocycles. The number of para-hydroxylation sites is 3. The molecule has 2 aliphatic rings. The van der Waals surface area contributed by atoms with E-state index in [9.17, 15) is 0 Å². The molecule has 0 bridgehead atoms. The minimum absolute atomic E-state index is 0.0615. The van der Waals surface area contributed by atoms with Crippen molar-refractivity contribution in [3.63, 3.8) is 0 Å². The SMILES string of the molecule is C=C(/C=C\C)N(C)c1ccc(-c2cc(-c3ccccc3)nc(-c3ccccc3)n2)cc1-c1nc(-c2ccccc2)cc(-c2cccc(-c3cccc(N4c5ccccc5B5c6ccccc6N(c6ccccc6)c6cccc4c65)c3)c2)n1. The predicted octanol–water partition coefficient (Wildman–Crippen LogP) is 16.5. The lowest BCUT2D eigenvalue weighted by atomic mass is 9.33. The Morgan fingerprint density at radius 3 is 1.41 bits per heavy atom.